The van der Waals surface area contributed by atoms with Gasteiger partial charge < -0.3 is 15.3 Å². The molecule has 2 N–H and O–H groups in total. The lowest BCUT2D eigenvalue weighted by Gasteiger charge is -2.20. The van der Waals surface area contributed by atoms with Gasteiger partial charge in [0.25, 0.3) is 0 Å². The van der Waals surface area contributed by atoms with Gasteiger partial charge in [-0.15, -0.1) is 0 Å². The average Bonchev–Trinajstić information content (AvgIpc) is 3.18. The predicted octanol–water partition coefficient (Wildman–Crippen LogP) is 2.20. The zero-order valence-electron chi connectivity index (χ0n) is 12.8. The summed E-state index contributed by atoms with van der Waals surface area (Å²) in [4.78, 5) is 25.0. The molecule has 0 radical (unpaired) electrons. The number of urea groups is 1. The van der Waals surface area contributed by atoms with Crippen LogP contribution in [-0.4, -0.2) is 44.9 Å². The van der Waals surface area contributed by atoms with Crippen molar-refractivity contribution in [3.05, 3.63) is 42.7 Å². The standard InChI is InChI=1S/C16H18N4O3/c1-16(14(21)22)7-10-19(11-16)15(23)18-12-3-5-13(6-4-12)20-9-2-8-17-20/h2-6,8-9H,7,10-11H2,1H3,(H,18,23)(H,21,22). The summed E-state index contributed by atoms with van der Waals surface area (Å²) >= 11 is 0. The molecule has 2 heterocycles. The maximum atomic E-state index is 12.2. The normalized spacial score (nSPS) is 20.5. The van der Waals surface area contributed by atoms with E-state index in [1.807, 2.05) is 24.4 Å². The third-order valence-corrected chi connectivity index (χ3v) is 4.16. The van der Waals surface area contributed by atoms with Gasteiger partial charge in [-0.2, -0.15) is 5.10 Å². The Hall–Kier alpha value is -2.83. The number of carboxylic acids is 1. The number of carboxylic acid groups (broad SMARTS) is 1. The maximum Gasteiger partial charge on any atom is 0.321 e. The van der Waals surface area contributed by atoms with Crippen molar-refractivity contribution in [1.29, 1.82) is 0 Å². The SMILES string of the molecule is CC1(C(=O)O)CCN(C(=O)Nc2ccc(-n3cccn3)cc2)C1. The number of amides is 2. The zero-order valence-corrected chi connectivity index (χ0v) is 12.8. The molecule has 1 unspecified atom stereocenters. The van der Waals surface area contributed by atoms with Crippen LogP contribution in [0.1, 0.15) is 13.3 Å². The van der Waals surface area contributed by atoms with Crippen molar-refractivity contribution >= 4 is 17.7 Å². The van der Waals surface area contributed by atoms with Crippen LogP contribution < -0.4 is 5.32 Å². The minimum atomic E-state index is -0.864. The van der Waals surface area contributed by atoms with Crippen LogP contribution in [0.15, 0.2) is 42.7 Å². The topological polar surface area (TPSA) is 87.5 Å². The molecule has 7 nitrogen and oxygen atoms in total. The first-order valence-corrected chi connectivity index (χ1v) is 7.37. The highest BCUT2D eigenvalue weighted by molar-refractivity contribution is 5.90. The number of hydrogen-bond donors (Lipinski definition) is 2. The van der Waals surface area contributed by atoms with Crippen molar-refractivity contribution in [1.82, 2.24) is 14.7 Å². The van der Waals surface area contributed by atoms with Gasteiger partial charge in [-0.3, -0.25) is 4.79 Å². The summed E-state index contributed by atoms with van der Waals surface area (Å²) in [5.41, 5.74) is 0.698. The van der Waals surface area contributed by atoms with E-state index in [9.17, 15) is 14.7 Å². The number of carbonyl (C=O) groups is 2. The molecule has 0 saturated carbocycles. The molecule has 0 spiro atoms. The fraction of sp³-hybridized carbons (Fsp3) is 0.312. The Morgan fingerprint density at radius 3 is 2.61 bits per heavy atom. The molecule has 3 rings (SSSR count). The summed E-state index contributed by atoms with van der Waals surface area (Å²) in [7, 11) is 0. The minimum Gasteiger partial charge on any atom is -0.481 e. The molecule has 1 aromatic heterocycles. The number of aliphatic carboxylic acids is 1. The summed E-state index contributed by atoms with van der Waals surface area (Å²) in [6.07, 6.45) is 4.00. The first-order valence-electron chi connectivity index (χ1n) is 7.37. The number of carbonyl (C=O) groups excluding carboxylic acids is 1. The van der Waals surface area contributed by atoms with E-state index in [4.69, 9.17) is 0 Å². The monoisotopic (exact) mass is 314 g/mol. The Kier molecular flexibility index (Phi) is 3.77. The number of anilines is 1. The van der Waals surface area contributed by atoms with E-state index in [1.54, 1.807) is 29.9 Å². The molecule has 23 heavy (non-hydrogen) atoms. The highest BCUT2D eigenvalue weighted by atomic mass is 16.4. The second-order valence-corrected chi connectivity index (χ2v) is 5.97. The van der Waals surface area contributed by atoms with Crippen LogP contribution in [0.25, 0.3) is 5.69 Å². The zero-order chi connectivity index (χ0) is 16.4. The maximum absolute atomic E-state index is 12.2. The fourth-order valence-corrected chi connectivity index (χ4v) is 2.63. The van der Waals surface area contributed by atoms with Crippen LogP contribution in [0.3, 0.4) is 0 Å². The molecule has 7 heteroatoms. The number of likely N-dealkylation sites (tertiary alicyclic amines) is 1. The highest BCUT2D eigenvalue weighted by Crippen LogP contribution is 2.30. The first kappa shape index (κ1) is 15.1. The van der Waals surface area contributed by atoms with Gasteiger partial charge in [0, 0.05) is 31.2 Å². The van der Waals surface area contributed by atoms with Crippen LogP contribution in [0.4, 0.5) is 10.5 Å². The Bertz CT molecular complexity index is 711. The molecule has 1 aliphatic rings. The van der Waals surface area contributed by atoms with Crippen LogP contribution >= 0.6 is 0 Å². The molecule has 1 saturated heterocycles. The van der Waals surface area contributed by atoms with E-state index in [-0.39, 0.29) is 12.6 Å². The Morgan fingerprint density at radius 1 is 1.30 bits per heavy atom. The largest absolute Gasteiger partial charge is 0.481 e. The Labute approximate surface area is 133 Å². The van der Waals surface area contributed by atoms with Crippen molar-refractivity contribution < 1.29 is 14.7 Å². The van der Waals surface area contributed by atoms with Crippen LogP contribution in [0.5, 0.6) is 0 Å². The smallest absolute Gasteiger partial charge is 0.321 e. The van der Waals surface area contributed by atoms with Crippen molar-refractivity contribution in [3.8, 4) is 5.69 Å². The predicted molar refractivity (Wildman–Crippen MR) is 84.5 cm³/mol. The summed E-state index contributed by atoms with van der Waals surface area (Å²) in [5.74, 6) is -0.864. The van der Waals surface area contributed by atoms with E-state index < -0.39 is 11.4 Å². The number of nitrogens with zero attached hydrogens (tertiary/aromatic N) is 3. The van der Waals surface area contributed by atoms with E-state index >= 15 is 0 Å². The van der Waals surface area contributed by atoms with Crippen molar-refractivity contribution in [3.63, 3.8) is 0 Å². The Morgan fingerprint density at radius 2 is 2.04 bits per heavy atom. The van der Waals surface area contributed by atoms with Gasteiger partial charge in [0.15, 0.2) is 0 Å². The first-order chi connectivity index (χ1) is 11.0. The number of hydrogen-bond acceptors (Lipinski definition) is 3. The summed E-state index contributed by atoms with van der Waals surface area (Å²) in [6.45, 7) is 2.33. The van der Waals surface area contributed by atoms with Gasteiger partial charge in [0.1, 0.15) is 0 Å². The second-order valence-electron chi connectivity index (χ2n) is 5.97. The van der Waals surface area contributed by atoms with Gasteiger partial charge in [-0.25, -0.2) is 9.48 Å². The van der Waals surface area contributed by atoms with E-state index in [1.165, 1.54) is 4.90 Å². The van der Waals surface area contributed by atoms with E-state index in [2.05, 4.69) is 10.4 Å². The molecule has 1 aliphatic heterocycles. The number of rotatable bonds is 3. The highest BCUT2D eigenvalue weighted by Gasteiger charge is 2.42. The van der Waals surface area contributed by atoms with Gasteiger partial charge in [0.2, 0.25) is 0 Å². The van der Waals surface area contributed by atoms with Gasteiger partial charge in [-0.05, 0) is 43.7 Å². The molecule has 2 aromatic rings. The molecule has 1 atom stereocenters. The number of nitrogens with one attached hydrogen (secondary N) is 1. The molecule has 2 amide bonds. The Balaban J connectivity index is 1.64. The van der Waals surface area contributed by atoms with Crippen molar-refractivity contribution in [2.45, 2.75) is 13.3 Å². The lowest BCUT2D eigenvalue weighted by molar-refractivity contribution is -0.146. The van der Waals surface area contributed by atoms with Crippen molar-refractivity contribution in [2.24, 2.45) is 5.41 Å². The summed E-state index contributed by atoms with van der Waals surface area (Å²) < 4.78 is 1.73. The van der Waals surface area contributed by atoms with Gasteiger partial charge in [0.05, 0.1) is 11.1 Å². The molecule has 0 aliphatic carbocycles. The van der Waals surface area contributed by atoms with Gasteiger partial charge in [-0.1, -0.05) is 0 Å². The van der Waals surface area contributed by atoms with Crippen LogP contribution in [-0.2, 0) is 4.79 Å². The third-order valence-electron chi connectivity index (χ3n) is 4.16. The average molecular weight is 314 g/mol. The number of benzene rings is 1. The summed E-state index contributed by atoms with van der Waals surface area (Å²) in [6, 6.07) is 8.86. The molecule has 0 bridgehead atoms. The van der Waals surface area contributed by atoms with Crippen LogP contribution in [0.2, 0.25) is 0 Å². The molecular weight excluding hydrogens is 296 g/mol. The fourth-order valence-electron chi connectivity index (χ4n) is 2.63. The van der Waals surface area contributed by atoms with E-state index in [0.29, 0.717) is 18.7 Å². The van der Waals surface area contributed by atoms with Crippen molar-refractivity contribution in [2.75, 3.05) is 18.4 Å². The lowest BCUT2D eigenvalue weighted by atomic mass is 9.90. The molecule has 1 fully saturated rings. The summed E-state index contributed by atoms with van der Waals surface area (Å²) in [5, 5.41) is 16.2. The van der Waals surface area contributed by atoms with Crippen LogP contribution in [0, 0.1) is 5.41 Å². The molecule has 1 aromatic carbocycles. The number of aromatic nitrogens is 2. The second kappa shape index (κ2) is 5.75. The molecular formula is C16H18N4O3. The van der Waals surface area contributed by atoms with Gasteiger partial charge >= 0.3 is 12.0 Å². The third kappa shape index (κ3) is 3.03. The lowest BCUT2D eigenvalue weighted by Crippen LogP contribution is -2.37. The quantitative estimate of drug-likeness (QED) is 0.909. The minimum absolute atomic E-state index is 0.222. The van der Waals surface area contributed by atoms with E-state index in [0.717, 1.165) is 5.69 Å². The molecule has 120 valence electrons.